The number of hydrogen-bond donors (Lipinski definition) is 1. The van der Waals surface area contributed by atoms with Crippen LogP contribution >= 0.6 is 11.6 Å². The van der Waals surface area contributed by atoms with E-state index >= 15 is 0 Å². The van der Waals surface area contributed by atoms with Crippen LogP contribution in [-0.4, -0.2) is 19.6 Å². The van der Waals surface area contributed by atoms with Gasteiger partial charge in [0, 0.05) is 23.3 Å². The van der Waals surface area contributed by atoms with Gasteiger partial charge in [0.05, 0.1) is 6.26 Å². The molecule has 0 saturated heterocycles. The van der Waals surface area contributed by atoms with Crippen LogP contribution in [0.15, 0.2) is 53.1 Å². The summed E-state index contributed by atoms with van der Waals surface area (Å²) in [6.07, 6.45) is 3.49. The van der Waals surface area contributed by atoms with Crippen molar-refractivity contribution in [2.24, 2.45) is 0 Å². The highest BCUT2D eigenvalue weighted by Gasteiger charge is 2.14. The lowest BCUT2D eigenvalue weighted by Crippen LogP contribution is -2.08. The number of furan rings is 1. The molecule has 3 aromatic heterocycles. The van der Waals surface area contributed by atoms with Crippen LogP contribution in [0.2, 0.25) is 5.02 Å². The Morgan fingerprint density at radius 1 is 1.15 bits per heavy atom. The number of aryl methyl sites for hydroxylation is 1. The van der Waals surface area contributed by atoms with Gasteiger partial charge in [0.1, 0.15) is 5.82 Å². The zero-order valence-electron chi connectivity index (χ0n) is 14.3. The summed E-state index contributed by atoms with van der Waals surface area (Å²) < 4.78 is 7.11. The lowest BCUT2D eigenvalue weighted by molar-refractivity contribution is 0.577. The summed E-state index contributed by atoms with van der Waals surface area (Å²) in [6.45, 7) is 2.71. The van der Waals surface area contributed by atoms with E-state index in [1.807, 2.05) is 42.5 Å². The van der Waals surface area contributed by atoms with Gasteiger partial charge < -0.3 is 9.73 Å². The molecule has 0 radical (unpaired) electrons. The van der Waals surface area contributed by atoms with E-state index in [9.17, 15) is 0 Å². The molecule has 7 heteroatoms. The zero-order chi connectivity index (χ0) is 17.9. The van der Waals surface area contributed by atoms with Crippen molar-refractivity contribution in [3.8, 4) is 11.6 Å². The van der Waals surface area contributed by atoms with E-state index in [1.165, 1.54) is 0 Å². The summed E-state index contributed by atoms with van der Waals surface area (Å²) in [5.41, 5.74) is 1.99. The van der Waals surface area contributed by atoms with Crippen LogP contribution in [0.3, 0.4) is 0 Å². The molecule has 6 nitrogen and oxygen atoms in total. The molecule has 1 N–H and O–H groups in total. The molecule has 0 unspecified atom stereocenters. The SMILES string of the molecule is CCCc1cc(NCc2ccccc2Cl)n2nc(-c3ccco3)nc2n1. The van der Waals surface area contributed by atoms with Crippen LogP contribution < -0.4 is 5.32 Å². The highest BCUT2D eigenvalue weighted by Crippen LogP contribution is 2.21. The predicted octanol–water partition coefficient (Wildman–Crippen LogP) is 4.60. The fourth-order valence-electron chi connectivity index (χ4n) is 2.77. The number of anilines is 1. The minimum Gasteiger partial charge on any atom is -0.461 e. The van der Waals surface area contributed by atoms with Gasteiger partial charge in [0.15, 0.2) is 5.76 Å². The Bertz CT molecular complexity index is 1030. The molecule has 0 aliphatic rings. The number of rotatable bonds is 6. The van der Waals surface area contributed by atoms with Crippen LogP contribution in [0.5, 0.6) is 0 Å². The highest BCUT2D eigenvalue weighted by atomic mass is 35.5. The maximum absolute atomic E-state index is 6.26. The summed E-state index contributed by atoms with van der Waals surface area (Å²) in [5.74, 6) is 2.49. The quantitative estimate of drug-likeness (QED) is 0.539. The largest absolute Gasteiger partial charge is 0.461 e. The van der Waals surface area contributed by atoms with E-state index in [1.54, 1.807) is 10.8 Å². The molecule has 0 aliphatic heterocycles. The van der Waals surface area contributed by atoms with Crippen molar-refractivity contribution in [1.29, 1.82) is 0 Å². The molecule has 0 aliphatic carbocycles. The summed E-state index contributed by atoms with van der Waals surface area (Å²) in [7, 11) is 0. The maximum atomic E-state index is 6.26. The van der Waals surface area contributed by atoms with E-state index in [0.29, 0.717) is 23.9 Å². The van der Waals surface area contributed by atoms with E-state index in [-0.39, 0.29) is 0 Å². The van der Waals surface area contributed by atoms with Gasteiger partial charge >= 0.3 is 0 Å². The van der Waals surface area contributed by atoms with Gasteiger partial charge in [-0.15, -0.1) is 5.10 Å². The van der Waals surface area contributed by atoms with Crippen molar-refractivity contribution in [1.82, 2.24) is 19.6 Å². The first kappa shape index (κ1) is 16.6. The number of nitrogens with zero attached hydrogens (tertiary/aromatic N) is 4. The van der Waals surface area contributed by atoms with Crippen LogP contribution in [0.4, 0.5) is 5.82 Å². The number of fused-ring (bicyclic) bond motifs is 1. The topological polar surface area (TPSA) is 68.2 Å². The number of halogens is 1. The summed E-state index contributed by atoms with van der Waals surface area (Å²) in [6, 6.07) is 13.4. The Balaban J connectivity index is 1.72. The van der Waals surface area contributed by atoms with E-state index in [2.05, 4.69) is 27.3 Å². The number of nitrogens with one attached hydrogen (secondary N) is 1. The molecule has 0 amide bonds. The van der Waals surface area contributed by atoms with Crippen molar-refractivity contribution in [2.75, 3.05) is 5.32 Å². The zero-order valence-corrected chi connectivity index (χ0v) is 15.1. The molecule has 0 spiro atoms. The van der Waals surface area contributed by atoms with Crippen molar-refractivity contribution in [3.63, 3.8) is 0 Å². The summed E-state index contributed by atoms with van der Waals surface area (Å²) >= 11 is 6.26. The molecule has 3 heterocycles. The molecular formula is C19H18ClN5O. The molecule has 1 aromatic carbocycles. The molecule has 4 rings (SSSR count). The fourth-order valence-corrected chi connectivity index (χ4v) is 2.97. The van der Waals surface area contributed by atoms with Gasteiger partial charge in [0.2, 0.25) is 5.82 Å². The van der Waals surface area contributed by atoms with Gasteiger partial charge in [-0.1, -0.05) is 43.1 Å². The number of hydrogen-bond acceptors (Lipinski definition) is 5. The lowest BCUT2D eigenvalue weighted by Gasteiger charge is -2.10. The van der Waals surface area contributed by atoms with Crippen LogP contribution in [0.1, 0.15) is 24.6 Å². The van der Waals surface area contributed by atoms with Gasteiger partial charge in [-0.05, 0) is 30.2 Å². The lowest BCUT2D eigenvalue weighted by atomic mass is 10.2. The Kier molecular flexibility index (Phi) is 4.58. The molecule has 26 heavy (non-hydrogen) atoms. The average Bonchev–Trinajstić information content (AvgIpc) is 3.30. The van der Waals surface area contributed by atoms with Crippen molar-refractivity contribution < 1.29 is 4.42 Å². The molecule has 0 saturated carbocycles. The Hall–Kier alpha value is -2.86. The van der Waals surface area contributed by atoms with Crippen molar-refractivity contribution >= 4 is 23.2 Å². The standard InChI is InChI=1S/C19H18ClN5O/c1-2-6-14-11-17(21-12-13-7-3-4-8-15(13)20)25-19(22-14)23-18(24-25)16-9-5-10-26-16/h3-5,7-11,21H,2,6,12H2,1H3. The maximum Gasteiger partial charge on any atom is 0.255 e. The Labute approximate surface area is 155 Å². The van der Waals surface area contributed by atoms with Gasteiger partial charge in [-0.2, -0.15) is 9.50 Å². The first-order chi connectivity index (χ1) is 12.7. The highest BCUT2D eigenvalue weighted by molar-refractivity contribution is 6.31. The van der Waals surface area contributed by atoms with Crippen LogP contribution in [0.25, 0.3) is 17.4 Å². The van der Waals surface area contributed by atoms with E-state index in [0.717, 1.165) is 34.9 Å². The second-order valence-electron chi connectivity index (χ2n) is 5.95. The van der Waals surface area contributed by atoms with Crippen molar-refractivity contribution in [2.45, 2.75) is 26.3 Å². The molecular weight excluding hydrogens is 350 g/mol. The second kappa shape index (κ2) is 7.17. The smallest absolute Gasteiger partial charge is 0.255 e. The third-order valence-corrected chi connectivity index (χ3v) is 4.40. The first-order valence-electron chi connectivity index (χ1n) is 8.52. The molecule has 4 aromatic rings. The Morgan fingerprint density at radius 3 is 2.81 bits per heavy atom. The fraction of sp³-hybridized carbons (Fsp3) is 0.211. The normalized spacial score (nSPS) is 11.2. The van der Waals surface area contributed by atoms with Gasteiger partial charge in [-0.3, -0.25) is 0 Å². The summed E-state index contributed by atoms with van der Waals surface area (Å²) in [4.78, 5) is 9.12. The number of benzene rings is 1. The van der Waals surface area contributed by atoms with Crippen molar-refractivity contribution in [3.05, 3.63) is 65.0 Å². The number of aromatic nitrogens is 4. The second-order valence-corrected chi connectivity index (χ2v) is 6.36. The van der Waals surface area contributed by atoms with Gasteiger partial charge in [0.25, 0.3) is 5.78 Å². The third-order valence-electron chi connectivity index (χ3n) is 4.03. The third kappa shape index (κ3) is 3.28. The van der Waals surface area contributed by atoms with Crippen LogP contribution in [-0.2, 0) is 13.0 Å². The van der Waals surface area contributed by atoms with E-state index < -0.39 is 0 Å². The molecule has 0 atom stereocenters. The predicted molar refractivity (Wildman–Crippen MR) is 101 cm³/mol. The van der Waals surface area contributed by atoms with Gasteiger partial charge in [-0.25, -0.2) is 4.98 Å². The Morgan fingerprint density at radius 2 is 2.04 bits per heavy atom. The molecule has 132 valence electrons. The minimum atomic E-state index is 0.511. The van der Waals surface area contributed by atoms with E-state index in [4.69, 9.17) is 16.0 Å². The molecule has 0 bridgehead atoms. The first-order valence-corrected chi connectivity index (χ1v) is 8.90. The monoisotopic (exact) mass is 367 g/mol. The summed E-state index contributed by atoms with van der Waals surface area (Å²) in [5, 5.41) is 8.68. The molecule has 0 fully saturated rings. The van der Waals surface area contributed by atoms with Crippen LogP contribution in [0, 0.1) is 0 Å². The minimum absolute atomic E-state index is 0.511. The average molecular weight is 368 g/mol.